The van der Waals surface area contributed by atoms with Crippen LogP contribution in [-0.2, 0) is 11.3 Å². The maximum absolute atomic E-state index is 12.3. The summed E-state index contributed by atoms with van der Waals surface area (Å²) in [5.74, 6) is 5.84. The molecule has 0 aliphatic carbocycles. The van der Waals surface area contributed by atoms with Gasteiger partial charge in [-0.2, -0.15) is 5.10 Å². The third-order valence-electron chi connectivity index (χ3n) is 3.04. The fourth-order valence-electron chi connectivity index (χ4n) is 1.94. The molecule has 2 aromatic rings. The molecule has 0 saturated carbocycles. The second-order valence-electron chi connectivity index (χ2n) is 4.66. The van der Waals surface area contributed by atoms with Crippen LogP contribution in [0.5, 0.6) is 0 Å². The number of hydrogen-bond donors (Lipinski definition) is 1. The summed E-state index contributed by atoms with van der Waals surface area (Å²) in [6, 6.07) is 3.50. The Hall–Kier alpha value is -2.10. The first-order valence-corrected chi connectivity index (χ1v) is 7.50. The lowest BCUT2D eigenvalue weighted by Crippen LogP contribution is -2.32. The predicted molar refractivity (Wildman–Crippen MR) is 83.7 cm³/mol. The molecule has 21 heavy (non-hydrogen) atoms. The van der Waals surface area contributed by atoms with Crippen molar-refractivity contribution in [3.05, 3.63) is 40.3 Å². The number of carbonyl (C=O) groups excluding carboxylic acids is 1. The van der Waals surface area contributed by atoms with Crippen LogP contribution in [0.4, 0.5) is 0 Å². The van der Waals surface area contributed by atoms with Crippen LogP contribution >= 0.6 is 11.3 Å². The quantitative estimate of drug-likeness (QED) is 0.870. The molecule has 0 aliphatic rings. The van der Waals surface area contributed by atoms with Crippen LogP contribution in [-0.4, -0.2) is 34.2 Å². The lowest BCUT2D eigenvalue weighted by atomic mass is 10.2. The largest absolute Gasteiger partial charge is 0.339 e. The van der Waals surface area contributed by atoms with Gasteiger partial charge >= 0.3 is 0 Å². The molecule has 0 fully saturated rings. The minimum atomic E-state index is -0.304. The Morgan fingerprint density at radius 1 is 1.62 bits per heavy atom. The summed E-state index contributed by atoms with van der Waals surface area (Å²) in [4.78, 5) is 15.2. The van der Waals surface area contributed by atoms with Gasteiger partial charge in [-0.25, -0.2) is 0 Å². The Labute approximate surface area is 128 Å². The van der Waals surface area contributed by atoms with Crippen LogP contribution in [0.25, 0.3) is 0 Å². The molecular formula is C15H18N4OS. The first kappa shape index (κ1) is 15.3. The van der Waals surface area contributed by atoms with Gasteiger partial charge in [0.25, 0.3) is 0 Å². The predicted octanol–water partition coefficient (Wildman–Crippen LogP) is 1.47. The van der Waals surface area contributed by atoms with Crippen molar-refractivity contribution >= 4 is 17.2 Å². The minimum Gasteiger partial charge on any atom is -0.339 e. The third-order valence-corrected chi connectivity index (χ3v) is 3.96. The number of nitrogens with zero attached hydrogens (tertiary/aromatic N) is 3. The highest BCUT2D eigenvalue weighted by Crippen LogP contribution is 2.17. The number of nitrogens with two attached hydrogens (primary N) is 1. The number of likely N-dealkylation sites (N-methyl/N-ethyl adjacent to an activating group) is 1. The molecule has 2 heterocycles. The molecule has 1 amide bonds. The van der Waals surface area contributed by atoms with Crippen LogP contribution in [0.3, 0.4) is 0 Å². The van der Waals surface area contributed by atoms with Crippen molar-refractivity contribution in [2.75, 3.05) is 13.6 Å². The van der Waals surface area contributed by atoms with Crippen LogP contribution in [0.2, 0.25) is 0 Å². The van der Waals surface area contributed by atoms with E-state index >= 15 is 0 Å². The van der Waals surface area contributed by atoms with Gasteiger partial charge in [-0.15, -0.1) is 11.3 Å². The Morgan fingerprint density at radius 2 is 2.43 bits per heavy atom. The zero-order valence-electron chi connectivity index (χ0n) is 12.1. The molecule has 1 unspecified atom stereocenters. The van der Waals surface area contributed by atoms with E-state index in [9.17, 15) is 4.79 Å². The molecule has 2 rings (SSSR count). The first-order valence-electron chi connectivity index (χ1n) is 6.62. The maximum Gasteiger partial charge on any atom is 0.247 e. The standard InChI is InChI=1S/C15H18N4OS/c1-12(19-8-4-7-17-19)15(20)18(2)10-14-9-13(11-21-14)5-3-6-16/h4,7-9,11-12H,6,10,16H2,1-2H3. The van der Waals surface area contributed by atoms with Gasteiger partial charge in [-0.05, 0) is 19.1 Å². The van der Waals surface area contributed by atoms with E-state index in [-0.39, 0.29) is 11.9 Å². The third kappa shape index (κ3) is 3.94. The SMILES string of the molecule is CC(C(=O)N(C)Cc1cc(C#CCN)cs1)n1cccn1. The van der Waals surface area contributed by atoms with Crippen LogP contribution in [0.15, 0.2) is 29.9 Å². The van der Waals surface area contributed by atoms with E-state index in [1.165, 1.54) is 0 Å². The lowest BCUT2D eigenvalue weighted by molar-refractivity contribution is -0.133. The number of rotatable bonds is 4. The van der Waals surface area contributed by atoms with E-state index in [1.54, 1.807) is 40.4 Å². The van der Waals surface area contributed by atoms with Gasteiger partial charge in [0.05, 0.1) is 13.1 Å². The molecular weight excluding hydrogens is 284 g/mol. The van der Waals surface area contributed by atoms with Crippen LogP contribution in [0.1, 0.15) is 23.4 Å². The molecule has 5 nitrogen and oxygen atoms in total. The average molecular weight is 302 g/mol. The molecule has 0 bridgehead atoms. The lowest BCUT2D eigenvalue weighted by Gasteiger charge is -2.21. The zero-order valence-corrected chi connectivity index (χ0v) is 12.9. The molecule has 0 aromatic carbocycles. The van der Waals surface area contributed by atoms with E-state index in [0.29, 0.717) is 13.1 Å². The van der Waals surface area contributed by atoms with Crippen molar-refractivity contribution in [3.8, 4) is 11.8 Å². The van der Waals surface area contributed by atoms with Crippen molar-refractivity contribution in [1.82, 2.24) is 14.7 Å². The summed E-state index contributed by atoms with van der Waals surface area (Å²) in [6.45, 7) is 2.77. The van der Waals surface area contributed by atoms with Gasteiger partial charge in [0, 0.05) is 35.3 Å². The first-order chi connectivity index (χ1) is 10.1. The maximum atomic E-state index is 12.3. The summed E-state index contributed by atoms with van der Waals surface area (Å²) in [5, 5.41) is 6.09. The molecule has 110 valence electrons. The van der Waals surface area contributed by atoms with Gasteiger partial charge < -0.3 is 10.6 Å². The molecule has 0 saturated heterocycles. The summed E-state index contributed by atoms with van der Waals surface area (Å²) < 4.78 is 1.66. The van der Waals surface area contributed by atoms with Gasteiger partial charge in [0.15, 0.2) is 0 Å². The van der Waals surface area contributed by atoms with E-state index in [1.807, 2.05) is 24.4 Å². The van der Waals surface area contributed by atoms with E-state index in [2.05, 4.69) is 16.9 Å². The van der Waals surface area contributed by atoms with E-state index < -0.39 is 0 Å². The fourth-order valence-corrected chi connectivity index (χ4v) is 2.80. The number of aromatic nitrogens is 2. The monoisotopic (exact) mass is 302 g/mol. The molecule has 2 aromatic heterocycles. The topological polar surface area (TPSA) is 64.2 Å². The molecule has 0 aliphatic heterocycles. The van der Waals surface area contributed by atoms with Crippen molar-refractivity contribution < 1.29 is 4.79 Å². The Kier molecular flexibility index (Phi) is 5.14. The second kappa shape index (κ2) is 7.07. The second-order valence-corrected chi connectivity index (χ2v) is 5.66. The Bertz CT molecular complexity index is 651. The molecule has 0 radical (unpaired) electrons. The zero-order chi connectivity index (χ0) is 15.2. The van der Waals surface area contributed by atoms with Gasteiger partial charge in [-0.3, -0.25) is 9.48 Å². The fraction of sp³-hybridized carbons (Fsp3) is 0.333. The van der Waals surface area contributed by atoms with Crippen molar-refractivity contribution in [2.45, 2.75) is 19.5 Å². The van der Waals surface area contributed by atoms with Crippen LogP contribution in [0, 0.1) is 11.8 Å². The van der Waals surface area contributed by atoms with Gasteiger partial charge in [0.1, 0.15) is 6.04 Å². The number of amides is 1. The number of carbonyl (C=O) groups is 1. The Balaban J connectivity index is 1.99. The molecule has 0 spiro atoms. The number of hydrogen-bond acceptors (Lipinski definition) is 4. The minimum absolute atomic E-state index is 0.0293. The summed E-state index contributed by atoms with van der Waals surface area (Å²) in [6.07, 6.45) is 3.47. The molecule has 1 atom stereocenters. The Morgan fingerprint density at radius 3 is 3.10 bits per heavy atom. The van der Waals surface area contributed by atoms with Crippen molar-refractivity contribution in [2.24, 2.45) is 5.73 Å². The molecule has 6 heteroatoms. The summed E-state index contributed by atoms with van der Waals surface area (Å²) in [5.41, 5.74) is 6.30. The smallest absolute Gasteiger partial charge is 0.247 e. The average Bonchev–Trinajstić information content (AvgIpc) is 3.15. The highest BCUT2D eigenvalue weighted by atomic mass is 32.1. The summed E-state index contributed by atoms with van der Waals surface area (Å²) >= 11 is 1.60. The van der Waals surface area contributed by atoms with Gasteiger partial charge in [-0.1, -0.05) is 11.8 Å². The highest BCUT2D eigenvalue weighted by Gasteiger charge is 2.19. The summed E-state index contributed by atoms with van der Waals surface area (Å²) in [7, 11) is 1.80. The highest BCUT2D eigenvalue weighted by molar-refractivity contribution is 7.10. The van der Waals surface area contributed by atoms with Crippen LogP contribution < -0.4 is 5.73 Å². The van der Waals surface area contributed by atoms with Crippen molar-refractivity contribution in [3.63, 3.8) is 0 Å². The van der Waals surface area contributed by atoms with Gasteiger partial charge in [0.2, 0.25) is 5.91 Å². The van der Waals surface area contributed by atoms with Crippen molar-refractivity contribution in [1.29, 1.82) is 0 Å². The van der Waals surface area contributed by atoms with E-state index in [4.69, 9.17) is 5.73 Å². The van der Waals surface area contributed by atoms with E-state index in [0.717, 1.165) is 10.4 Å². The molecule has 2 N–H and O–H groups in total. The number of thiophene rings is 1. The normalized spacial score (nSPS) is 11.6.